The van der Waals surface area contributed by atoms with Crippen LogP contribution in [0.4, 0.5) is 4.39 Å². The molecule has 5 nitrogen and oxygen atoms in total. The van der Waals surface area contributed by atoms with Crippen LogP contribution in [-0.2, 0) is 11.3 Å². The van der Waals surface area contributed by atoms with Crippen molar-refractivity contribution in [3.8, 4) is 11.6 Å². The second-order valence-electron chi connectivity index (χ2n) is 6.45. The lowest BCUT2D eigenvalue weighted by molar-refractivity contribution is -0.120. The third kappa shape index (κ3) is 4.46. The fraction of sp³-hybridized carbons (Fsp3) is 0.136. The van der Waals surface area contributed by atoms with E-state index in [0.717, 1.165) is 16.5 Å². The summed E-state index contributed by atoms with van der Waals surface area (Å²) in [5.74, 6) is 0.634. The minimum atomic E-state index is -0.377. The van der Waals surface area contributed by atoms with Gasteiger partial charge < -0.3 is 9.73 Å². The van der Waals surface area contributed by atoms with Crippen LogP contribution in [0.2, 0.25) is 0 Å². The molecule has 0 spiro atoms. The van der Waals surface area contributed by atoms with Gasteiger partial charge in [-0.15, -0.1) is 0 Å². The van der Waals surface area contributed by atoms with Crippen LogP contribution < -0.4 is 5.32 Å². The molecular formula is C22H18FN3O2S. The fourth-order valence-electron chi connectivity index (χ4n) is 2.81. The quantitative estimate of drug-likeness (QED) is 0.366. The lowest BCUT2D eigenvalue weighted by Gasteiger charge is -2.13. The van der Waals surface area contributed by atoms with E-state index in [1.165, 1.54) is 23.9 Å². The van der Waals surface area contributed by atoms with Crippen LogP contribution in [0, 0.1) is 5.82 Å². The van der Waals surface area contributed by atoms with Crippen LogP contribution in [0.5, 0.6) is 0 Å². The summed E-state index contributed by atoms with van der Waals surface area (Å²) < 4.78 is 18.4. The summed E-state index contributed by atoms with van der Waals surface area (Å²) in [7, 11) is 0. The Morgan fingerprint density at radius 1 is 1.10 bits per heavy atom. The number of nitrogens with one attached hydrogen (secondary N) is 1. The number of aromatic nitrogens is 2. The van der Waals surface area contributed by atoms with E-state index >= 15 is 0 Å². The Hall–Kier alpha value is -3.19. The summed E-state index contributed by atoms with van der Waals surface area (Å²) >= 11 is 1.37. The average Bonchev–Trinajstić information content (AvgIpc) is 3.28. The van der Waals surface area contributed by atoms with Gasteiger partial charge in [0.15, 0.2) is 11.6 Å². The molecule has 1 amide bonds. The number of fused-ring (bicyclic) bond motifs is 1. The molecule has 0 saturated heterocycles. The van der Waals surface area contributed by atoms with Crippen molar-refractivity contribution in [2.75, 3.05) is 0 Å². The molecule has 1 N–H and O–H groups in total. The normalized spacial score (nSPS) is 12.1. The zero-order valence-electron chi connectivity index (χ0n) is 15.6. The lowest BCUT2D eigenvalue weighted by atomic mass is 10.2. The number of hydrogen-bond donors (Lipinski definition) is 1. The maximum Gasteiger partial charge on any atom is 0.233 e. The van der Waals surface area contributed by atoms with Gasteiger partial charge in [0.1, 0.15) is 10.8 Å². The Morgan fingerprint density at radius 2 is 1.90 bits per heavy atom. The second kappa shape index (κ2) is 8.45. The van der Waals surface area contributed by atoms with E-state index < -0.39 is 0 Å². The van der Waals surface area contributed by atoms with Gasteiger partial charge in [0.05, 0.1) is 17.0 Å². The number of para-hydroxylation sites is 1. The van der Waals surface area contributed by atoms with Crippen molar-refractivity contribution in [3.63, 3.8) is 0 Å². The van der Waals surface area contributed by atoms with Crippen LogP contribution in [0.15, 0.2) is 76.4 Å². The minimum Gasteiger partial charge on any atom is -0.461 e. The van der Waals surface area contributed by atoms with Crippen molar-refractivity contribution in [3.05, 3.63) is 78.3 Å². The van der Waals surface area contributed by atoms with E-state index in [4.69, 9.17) is 4.42 Å². The van der Waals surface area contributed by atoms with Crippen LogP contribution >= 0.6 is 11.8 Å². The van der Waals surface area contributed by atoms with Crippen LogP contribution in [0.3, 0.4) is 0 Å². The van der Waals surface area contributed by atoms with Gasteiger partial charge in [-0.05, 0) is 42.8 Å². The zero-order valence-corrected chi connectivity index (χ0v) is 16.4. The molecule has 0 aliphatic rings. The standard InChI is InChI=1S/C22H18FN3O2S/c1-14(21(27)24-13-15-8-10-16(23)11-9-15)29-22-17-5-2-3-6-18(17)25-20(26-22)19-7-4-12-28-19/h2-12,14H,13H2,1H3,(H,24,27). The molecule has 7 heteroatoms. The van der Waals surface area contributed by atoms with E-state index in [2.05, 4.69) is 15.3 Å². The molecule has 2 aromatic heterocycles. The maximum absolute atomic E-state index is 13.0. The number of hydrogen-bond acceptors (Lipinski definition) is 5. The molecule has 0 aliphatic heterocycles. The summed E-state index contributed by atoms with van der Waals surface area (Å²) in [6.45, 7) is 2.17. The van der Waals surface area contributed by atoms with E-state index in [0.29, 0.717) is 23.2 Å². The molecule has 0 fully saturated rings. The Labute approximate surface area is 171 Å². The smallest absolute Gasteiger partial charge is 0.233 e. The van der Waals surface area contributed by atoms with Gasteiger partial charge in [0.2, 0.25) is 5.91 Å². The first kappa shape index (κ1) is 19.1. The summed E-state index contributed by atoms with van der Waals surface area (Å²) in [5, 5.41) is 4.10. The molecule has 2 aromatic carbocycles. The Morgan fingerprint density at radius 3 is 2.66 bits per heavy atom. The third-order valence-electron chi connectivity index (χ3n) is 4.35. The van der Waals surface area contributed by atoms with Crippen molar-refractivity contribution in [1.82, 2.24) is 15.3 Å². The fourth-order valence-corrected chi connectivity index (χ4v) is 3.77. The minimum absolute atomic E-state index is 0.124. The van der Waals surface area contributed by atoms with E-state index in [1.54, 1.807) is 30.5 Å². The molecule has 1 unspecified atom stereocenters. The van der Waals surface area contributed by atoms with Crippen molar-refractivity contribution >= 4 is 28.6 Å². The predicted molar refractivity (Wildman–Crippen MR) is 111 cm³/mol. The highest BCUT2D eigenvalue weighted by molar-refractivity contribution is 8.00. The highest BCUT2D eigenvalue weighted by Gasteiger charge is 2.18. The highest BCUT2D eigenvalue weighted by Crippen LogP contribution is 2.31. The Bertz CT molecular complexity index is 1130. The number of benzene rings is 2. The average molecular weight is 407 g/mol. The highest BCUT2D eigenvalue weighted by atomic mass is 32.2. The lowest BCUT2D eigenvalue weighted by Crippen LogP contribution is -2.30. The molecule has 0 saturated carbocycles. The van der Waals surface area contributed by atoms with Gasteiger partial charge >= 0.3 is 0 Å². The molecule has 0 radical (unpaired) electrons. The topological polar surface area (TPSA) is 68.0 Å². The number of amides is 1. The van der Waals surface area contributed by atoms with Crippen molar-refractivity contribution < 1.29 is 13.6 Å². The first-order valence-electron chi connectivity index (χ1n) is 9.09. The molecule has 4 aromatic rings. The van der Waals surface area contributed by atoms with Gasteiger partial charge in [-0.25, -0.2) is 14.4 Å². The number of rotatable bonds is 6. The van der Waals surface area contributed by atoms with E-state index in [1.807, 2.05) is 31.2 Å². The summed E-state index contributed by atoms with van der Waals surface area (Å²) in [6, 6.07) is 17.3. The Kier molecular flexibility index (Phi) is 5.57. The maximum atomic E-state index is 13.0. The first-order chi connectivity index (χ1) is 14.1. The number of halogens is 1. The summed E-state index contributed by atoms with van der Waals surface area (Å²) in [5.41, 5.74) is 1.62. The van der Waals surface area contributed by atoms with E-state index in [9.17, 15) is 9.18 Å². The number of carbonyl (C=O) groups excluding carboxylic acids is 1. The van der Waals surface area contributed by atoms with Crippen molar-refractivity contribution in [1.29, 1.82) is 0 Å². The molecule has 4 rings (SSSR count). The number of carbonyl (C=O) groups is 1. The monoisotopic (exact) mass is 407 g/mol. The van der Waals surface area contributed by atoms with Gasteiger partial charge in [-0.1, -0.05) is 42.1 Å². The van der Waals surface area contributed by atoms with Crippen molar-refractivity contribution in [2.45, 2.75) is 23.7 Å². The molecular weight excluding hydrogens is 389 g/mol. The molecule has 0 bridgehead atoms. The summed E-state index contributed by atoms with van der Waals surface area (Å²) in [6.07, 6.45) is 1.58. The number of furan rings is 1. The molecule has 1 atom stereocenters. The first-order valence-corrected chi connectivity index (χ1v) is 9.97. The molecule has 0 aliphatic carbocycles. The number of nitrogens with zero attached hydrogens (tertiary/aromatic N) is 2. The molecule has 146 valence electrons. The SMILES string of the molecule is CC(Sc1nc(-c2ccco2)nc2ccccc12)C(=O)NCc1ccc(F)cc1. The van der Waals surface area contributed by atoms with Crippen LogP contribution in [-0.4, -0.2) is 21.1 Å². The Balaban J connectivity index is 1.53. The van der Waals surface area contributed by atoms with Crippen LogP contribution in [0.25, 0.3) is 22.5 Å². The van der Waals surface area contributed by atoms with Gasteiger partial charge in [-0.3, -0.25) is 4.79 Å². The van der Waals surface area contributed by atoms with Crippen LogP contribution in [0.1, 0.15) is 12.5 Å². The van der Waals surface area contributed by atoms with Gasteiger partial charge in [0.25, 0.3) is 0 Å². The zero-order chi connectivity index (χ0) is 20.2. The van der Waals surface area contributed by atoms with Gasteiger partial charge in [0, 0.05) is 11.9 Å². The van der Waals surface area contributed by atoms with Crippen molar-refractivity contribution in [2.24, 2.45) is 0 Å². The van der Waals surface area contributed by atoms with E-state index in [-0.39, 0.29) is 17.0 Å². The van der Waals surface area contributed by atoms with Gasteiger partial charge in [-0.2, -0.15) is 0 Å². The number of thioether (sulfide) groups is 1. The largest absolute Gasteiger partial charge is 0.461 e. The summed E-state index contributed by atoms with van der Waals surface area (Å²) in [4.78, 5) is 21.8. The molecule has 29 heavy (non-hydrogen) atoms. The predicted octanol–water partition coefficient (Wildman–Crippen LogP) is 4.83. The third-order valence-corrected chi connectivity index (χ3v) is 5.45. The molecule has 2 heterocycles. The second-order valence-corrected chi connectivity index (χ2v) is 7.78.